The largest absolute Gasteiger partial charge is 0.253 e. The number of hydrogen-bond acceptors (Lipinski definition) is 2. The van der Waals surface area contributed by atoms with Crippen molar-refractivity contribution in [2.24, 2.45) is 0 Å². The fourth-order valence-corrected chi connectivity index (χ4v) is 15.7. The minimum Gasteiger partial charge on any atom is -0.234 e. The van der Waals surface area contributed by atoms with Gasteiger partial charge in [-0.2, -0.15) is 10.2 Å². The van der Waals surface area contributed by atoms with Gasteiger partial charge in [-0.05, 0) is 96.1 Å². The van der Waals surface area contributed by atoms with E-state index in [9.17, 15) is 0 Å². The Hall–Kier alpha value is -3.12. The Bertz CT molecular complexity index is 1720. The van der Waals surface area contributed by atoms with Crippen molar-refractivity contribution in [1.82, 2.24) is 19.6 Å². The molecule has 0 radical (unpaired) electrons. The van der Waals surface area contributed by atoms with Gasteiger partial charge in [0.2, 0.25) is 0 Å². The quantitative estimate of drug-likeness (QED) is 0.277. The summed E-state index contributed by atoms with van der Waals surface area (Å²) in [6, 6.07) is 9.77. The number of fused-ring (bicyclic) bond motifs is 4. The van der Waals surface area contributed by atoms with Crippen LogP contribution in [0, 0.1) is 27.7 Å². The molecule has 4 heterocycles. The van der Waals surface area contributed by atoms with Crippen LogP contribution in [0.2, 0.25) is 16.6 Å². The van der Waals surface area contributed by atoms with E-state index in [-0.39, 0.29) is 6.71 Å². The van der Waals surface area contributed by atoms with Crippen LogP contribution in [0.15, 0.2) is 36.7 Å². The number of nitrogens with zero attached hydrogens (tertiary/aromatic N) is 4. The van der Waals surface area contributed by atoms with Crippen LogP contribution in [0.25, 0.3) is 33.2 Å². The fraction of sp³-hybridized carbons (Fsp3) is 0.394. The Kier molecular flexibility index (Phi) is 5.09. The molecule has 198 valence electrons. The van der Waals surface area contributed by atoms with Crippen LogP contribution in [0.4, 0.5) is 0 Å². The lowest BCUT2D eigenvalue weighted by atomic mass is 9.33. The van der Waals surface area contributed by atoms with Gasteiger partial charge in [0.1, 0.15) is 0 Å². The molecular formula is C33H39BN4Si. The molecule has 0 fully saturated rings. The van der Waals surface area contributed by atoms with Crippen LogP contribution in [0.1, 0.15) is 63.8 Å². The van der Waals surface area contributed by atoms with Crippen molar-refractivity contribution in [3.8, 4) is 11.4 Å². The molecule has 7 rings (SSSR count). The van der Waals surface area contributed by atoms with Crippen LogP contribution in [-0.4, -0.2) is 34.3 Å². The summed E-state index contributed by atoms with van der Waals surface area (Å²) in [6.07, 6.45) is 4.16. The van der Waals surface area contributed by atoms with Crippen molar-refractivity contribution in [3.63, 3.8) is 0 Å². The molecule has 6 heteroatoms. The van der Waals surface area contributed by atoms with E-state index in [4.69, 9.17) is 10.2 Å². The molecule has 0 aliphatic carbocycles. The van der Waals surface area contributed by atoms with Crippen molar-refractivity contribution in [2.75, 3.05) is 0 Å². The van der Waals surface area contributed by atoms with Crippen LogP contribution in [0.3, 0.4) is 0 Å². The molecule has 39 heavy (non-hydrogen) atoms. The highest BCUT2D eigenvalue weighted by Gasteiger charge is 2.48. The van der Waals surface area contributed by atoms with E-state index in [1.165, 1.54) is 71.8 Å². The maximum absolute atomic E-state index is 5.08. The predicted octanol–water partition coefficient (Wildman–Crippen LogP) is 5.63. The second-order valence-corrected chi connectivity index (χ2v) is 19.1. The zero-order valence-electron chi connectivity index (χ0n) is 25.1. The zero-order valence-corrected chi connectivity index (χ0v) is 26.1. The van der Waals surface area contributed by atoms with Gasteiger partial charge in [-0.15, -0.1) is 0 Å². The maximum atomic E-state index is 5.08. The fourth-order valence-electron chi connectivity index (χ4n) is 8.96. The summed E-state index contributed by atoms with van der Waals surface area (Å²) in [6.45, 7) is 24.1. The molecule has 5 aromatic rings. The Labute approximate surface area is 233 Å². The van der Waals surface area contributed by atoms with Crippen LogP contribution in [0.5, 0.6) is 0 Å². The van der Waals surface area contributed by atoms with Crippen LogP contribution in [-0.2, 0) is 0 Å². The summed E-state index contributed by atoms with van der Waals surface area (Å²) in [4.78, 5) is 0. The Balaban J connectivity index is 1.73. The van der Waals surface area contributed by atoms with Gasteiger partial charge < -0.3 is 0 Å². The number of rotatable bonds is 4. The standard InChI is InChI=1S/C33H39BN4Si/c1-17(2)39(18(3)4,19(5)6)26-13-27-31-28(14-26)38-33-25(16-36-38)12-21(8)23(10)30(33)34(31)29-22(9)20(7)11-24-15-35-37(27)32(24)29/h11-19H,1-10H3. The van der Waals surface area contributed by atoms with E-state index >= 15 is 0 Å². The minimum absolute atomic E-state index is 0.176. The summed E-state index contributed by atoms with van der Waals surface area (Å²) < 4.78 is 4.54. The average Bonchev–Trinajstić information content (AvgIpc) is 3.48. The molecule has 0 atom stereocenters. The monoisotopic (exact) mass is 530 g/mol. The molecular weight excluding hydrogens is 491 g/mol. The molecule has 3 aromatic carbocycles. The first-order valence-corrected chi connectivity index (χ1v) is 16.9. The zero-order chi connectivity index (χ0) is 27.7. The lowest BCUT2D eigenvalue weighted by Gasteiger charge is -2.45. The molecule has 0 N–H and O–H groups in total. The van der Waals surface area contributed by atoms with Gasteiger partial charge in [0, 0.05) is 10.8 Å². The Morgan fingerprint density at radius 3 is 1.41 bits per heavy atom. The third-order valence-electron chi connectivity index (χ3n) is 10.7. The number of hydrogen-bond donors (Lipinski definition) is 0. The van der Waals surface area contributed by atoms with Crippen LogP contribution < -0.4 is 21.6 Å². The van der Waals surface area contributed by atoms with Gasteiger partial charge >= 0.3 is 0 Å². The van der Waals surface area contributed by atoms with Crippen LogP contribution >= 0.6 is 0 Å². The van der Waals surface area contributed by atoms with E-state index in [0.717, 1.165) is 0 Å². The Morgan fingerprint density at radius 2 is 1.03 bits per heavy atom. The average molecular weight is 531 g/mol. The third-order valence-corrected chi connectivity index (χ3v) is 17.7. The Morgan fingerprint density at radius 1 is 0.615 bits per heavy atom. The van der Waals surface area contributed by atoms with Gasteiger partial charge in [0.15, 0.2) is 0 Å². The molecule has 2 aliphatic heterocycles. The highest BCUT2D eigenvalue weighted by Crippen LogP contribution is 2.42. The van der Waals surface area contributed by atoms with Crippen molar-refractivity contribution >= 4 is 58.2 Å². The van der Waals surface area contributed by atoms with E-state index in [1.54, 1.807) is 5.19 Å². The summed E-state index contributed by atoms with van der Waals surface area (Å²) in [7, 11) is -1.94. The molecule has 2 aromatic heterocycles. The highest BCUT2D eigenvalue weighted by atomic mass is 28.3. The van der Waals surface area contributed by atoms with E-state index < -0.39 is 8.07 Å². The second-order valence-electron chi connectivity index (χ2n) is 13.2. The van der Waals surface area contributed by atoms with Crippen molar-refractivity contribution < 1.29 is 0 Å². The first kappa shape index (κ1) is 24.9. The number of aromatic nitrogens is 4. The van der Waals surface area contributed by atoms with Gasteiger partial charge in [0.25, 0.3) is 6.71 Å². The molecule has 0 bridgehead atoms. The van der Waals surface area contributed by atoms with Crippen molar-refractivity contribution in [1.29, 1.82) is 0 Å². The topological polar surface area (TPSA) is 35.6 Å². The highest BCUT2D eigenvalue weighted by molar-refractivity contribution is 7.01. The molecule has 0 saturated carbocycles. The summed E-state index contributed by atoms with van der Waals surface area (Å²) in [5.41, 5.74) is 16.6. The minimum atomic E-state index is -1.94. The van der Waals surface area contributed by atoms with Crippen molar-refractivity contribution in [2.45, 2.75) is 85.9 Å². The lowest BCUT2D eigenvalue weighted by molar-refractivity contribution is 0.833. The molecule has 0 unspecified atom stereocenters. The molecule has 0 amide bonds. The summed E-state index contributed by atoms with van der Waals surface area (Å²) >= 11 is 0. The number of benzene rings is 3. The lowest BCUT2D eigenvalue weighted by Crippen LogP contribution is -2.63. The SMILES string of the molecule is Cc1cc2cnn3c2c(c1C)B1c2c-3cc([Si](C(C)C)(C(C)C)C(C)C)cc2-n2ncc3cc(C)c(C)c1c32. The van der Waals surface area contributed by atoms with E-state index in [1.807, 2.05) is 0 Å². The maximum Gasteiger partial charge on any atom is 0.253 e. The first-order valence-electron chi connectivity index (χ1n) is 14.6. The predicted molar refractivity (Wildman–Crippen MR) is 170 cm³/mol. The molecule has 0 saturated heterocycles. The van der Waals surface area contributed by atoms with Gasteiger partial charge in [-0.1, -0.05) is 57.9 Å². The smallest absolute Gasteiger partial charge is 0.234 e. The number of aryl methyl sites for hydroxylation is 2. The van der Waals surface area contributed by atoms with Gasteiger partial charge in [-0.25, -0.2) is 9.36 Å². The van der Waals surface area contributed by atoms with E-state index in [0.29, 0.717) is 16.6 Å². The summed E-state index contributed by atoms with van der Waals surface area (Å²) in [5.74, 6) is 0. The molecule has 0 spiro atoms. The van der Waals surface area contributed by atoms with Crippen molar-refractivity contribution in [3.05, 3.63) is 58.9 Å². The molecule has 2 aliphatic rings. The molecule has 4 nitrogen and oxygen atoms in total. The van der Waals surface area contributed by atoms with E-state index in [2.05, 4.69) is 115 Å². The summed E-state index contributed by atoms with van der Waals surface area (Å²) in [5, 5.41) is 14.2. The third kappa shape index (κ3) is 2.86. The first-order chi connectivity index (χ1) is 18.5. The van der Waals surface area contributed by atoms with Gasteiger partial charge in [0.05, 0.1) is 42.9 Å². The van der Waals surface area contributed by atoms with Gasteiger partial charge in [-0.3, -0.25) is 0 Å². The second kappa shape index (κ2) is 7.97. The normalized spacial score (nSPS) is 14.0.